The molecule has 3 N–H and O–H groups in total. The van der Waals surface area contributed by atoms with Crippen LogP contribution in [0, 0.1) is 13.8 Å². The first kappa shape index (κ1) is 34.2. The minimum absolute atomic E-state index is 0. The average molecular weight is 645 g/mol. The van der Waals surface area contributed by atoms with Crippen LogP contribution in [0.1, 0.15) is 36.1 Å². The number of urea groups is 1. The van der Waals surface area contributed by atoms with Crippen molar-refractivity contribution in [1.82, 2.24) is 30.2 Å². The molecule has 0 unspecified atom stereocenters. The van der Waals surface area contributed by atoms with E-state index >= 15 is 0 Å². The van der Waals surface area contributed by atoms with E-state index < -0.39 is 0 Å². The first-order valence-electron chi connectivity index (χ1n) is 13.7. The summed E-state index contributed by atoms with van der Waals surface area (Å²) < 4.78 is 5.67. The molecule has 0 atom stereocenters. The van der Waals surface area contributed by atoms with Crippen molar-refractivity contribution in [3.05, 3.63) is 93.7 Å². The number of carbonyl (C=O) groups is 1. The number of halogens is 3. The van der Waals surface area contributed by atoms with Gasteiger partial charge >= 0.3 is 6.03 Å². The Morgan fingerprint density at radius 1 is 0.907 bits per heavy atom. The minimum atomic E-state index is -0.0559. The zero-order chi connectivity index (χ0) is 30.2. The molecule has 1 fully saturated rings. The molecule has 12 heteroatoms. The molecule has 228 valence electrons. The quantitative estimate of drug-likeness (QED) is 0.223. The molecule has 0 spiro atoms. The van der Waals surface area contributed by atoms with Gasteiger partial charge in [0.2, 0.25) is 0 Å². The molecule has 43 heavy (non-hydrogen) atoms. The molecule has 1 aliphatic rings. The van der Waals surface area contributed by atoms with Crippen LogP contribution < -0.4 is 11.1 Å². The molecule has 1 saturated heterocycles. The second-order valence-corrected chi connectivity index (χ2v) is 11.1. The molecule has 0 aliphatic carbocycles. The summed E-state index contributed by atoms with van der Waals surface area (Å²) in [4.78, 5) is 30.1. The fourth-order valence-corrected chi connectivity index (χ4v) is 4.77. The number of carbonyl (C=O) groups excluding carboxylic acids is 1. The van der Waals surface area contributed by atoms with Gasteiger partial charge in [-0.05, 0) is 62.1 Å². The zero-order valence-corrected chi connectivity index (χ0v) is 26.9. The summed E-state index contributed by atoms with van der Waals surface area (Å²) in [5.41, 5.74) is 13.7. The molecule has 5 rings (SSSR count). The number of nitrogens with zero attached hydrogens (tertiary/aromatic N) is 5. The van der Waals surface area contributed by atoms with Crippen LogP contribution in [0.15, 0.2) is 61.2 Å². The predicted molar refractivity (Wildman–Crippen MR) is 173 cm³/mol. The van der Waals surface area contributed by atoms with Gasteiger partial charge < -0.3 is 20.7 Å². The third-order valence-electron chi connectivity index (χ3n) is 6.79. The molecule has 0 saturated carbocycles. The Morgan fingerprint density at radius 2 is 1.42 bits per heavy atom. The topological polar surface area (TPSA) is 119 Å². The number of benzene rings is 2. The van der Waals surface area contributed by atoms with Crippen molar-refractivity contribution in [2.24, 2.45) is 5.73 Å². The highest BCUT2D eigenvalue weighted by molar-refractivity contribution is 6.29. The number of aryl methyl sites for hydroxylation is 2. The lowest BCUT2D eigenvalue weighted by Gasteiger charge is -2.39. The minimum Gasteiger partial charge on any atom is -0.372 e. The maximum atomic E-state index is 12.2. The van der Waals surface area contributed by atoms with Crippen LogP contribution in [0.4, 0.5) is 4.79 Å². The van der Waals surface area contributed by atoms with Gasteiger partial charge in [0, 0.05) is 36.3 Å². The largest absolute Gasteiger partial charge is 0.372 e. The van der Waals surface area contributed by atoms with Gasteiger partial charge in [0.05, 0.1) is 36.7 Å². The molecule has 9 nitrogen and oxygen atoms in total. The average Bonchev–Trinajstić information content (AvgIpc) is 2.94. The third kappa shape index (κ3) is 9.58. The zero-order valence-electron chi connectivity index (χ0n) is 24.6. The van der Waals surface area contributed by atoms with E-state index in [1.54, 1.807) is 17.0 Å². The second kappa shape index (κ2) is 15.9. The molecular formula is C31H36Cl3N7O2. The molecular weight excluding hydrogens is 609 g/mol. The Morgan fingerprint density at radius 3 is 1.86 bits per heavy atom. The summed E-state index contributed by atoms with van der Waals surface area (Å²) >= 11 is 11.7. The summed E-state index contributed by atoms with van der Waals surface area (Å²) in [6, 6.07) is 15.5. The van der Waals surface area contributed by atoms with Crippen molar-refractivity contribution in [2.45, 2.75) is 53.0 Å². The van der Waals surface area contributed by atoms with E-state index in [0.29, 0.717) is 36.5 Å². The summed E-state index contributed by atoms with van der Waals surface area (Å²) in [5.74, 6) is 0. The summed E-state index contributed by atoms with van der Waals surface area (Å²) in [5, 5.41) is 3.83. The van der Waals surface area contributed by atoms with Crippen molar-refractivity contribution >= 4 is 41.6 Å². The number of aromatic nitrogens is 4. The van der Waals surface area contributed by atoms with E-state index in [1.165, 1.54) is 12.7 Å². The Hall–Kier alpha value is -3.34. The lowest BCUT2D eigenvalue weighted by atomic mass is 10.0. The number of nitrogens with one attached hydrogen (secondary N) is 1. The lowest BCUT2D eigenvalue weighted by Crippen LogP contribution is -2.58. The van der Waals surface area contributed by atoms with Crippen LogP contribution in [0.5, 0.6) is 0 Å². The van der Waals surface area contributed by atoms with Crippen LogP contribution in [-0.2, 0) is 17.8 Å². The molecule has 3 heterocycles. The Kier molecular flexibility index (Phi) is 12.7. The Bertz CT molecular complexity index is 1530. The predicted octanol–water partition coefficient (Wildman–Crippen LogP) is 6.41. The van der Waals surface area contributed by atoms with Crippen LogP contribution in [0.3, 0.4) is 0 Å². The van der Waals surface area contributed by atoms with Gasteiger partial charge in [0.25, 0.3) is 0 Å². The summed E-state index contributed by atoms with van der Waals surface area (Å²) in [6.07, 6.45) is 3.26. The molecule has 4 aromatic rings. The Labute approximate surface area is 268 Å². The van der Waals surface area contributed by atoms with Crippen molar-refractivity contribution < 1.29 is 9.53 Å². The number of nitrogens with two attached hydrogens (primary N) is 1. The standard InChI is InChI=1S/C19H23ClN4O2.C12H12ClN3.ClH/c1-12(2)26-16-9-24(10-16)19(25)21-8-15-5-4-14(6-13(15)3)17-7-18(20)23-11-22-17;1-8-4-9(2-3-10(8)6-14)11-5-12(13)16-7-15-11;/h4-7,11-12,16H,8-10H2,1-3H3,(H,21,25);2-5,7H,6,14H2,1H3;1H. The van der Waals surface area contributed by atoms with Gasteiger partial charge in [0.1, 0.15) is 23.0 Å². The van der Waals surface area contributed by atoms with E-state index in [-0.39, 0.29) is 30.6 Å². The first-order valence-corrected chi connectivity index (χ1v) is 14.4. The third-order valence-corrected chi connectivity index (χ3v) is 7.21. The van der Waals surface area contributed by atoms with Gasteiger partial charge in [0.15, 0.2) is 0 Å². The molecule has 2 aromatic carbocycles. The van der Waals surface area contributed by atoms with Gasteiger partial charge in [-0.2, -0.15) is 0 Å². The number of ether oxygens (including phenoxy) is 1. The first-order chi connectivity index (χ1) is 20.1. The molecule has 0 bridgehead atoms. The molecule has 2 amide bonds. The molecule has 2 aromatic heterocycles. The van der Waals surface area contributed by atoms with E-state index in [1.807, 2.05) is 58.0 Å². The van der Waals surface area contributed by atoms with Crippen molar-refractivity contribution in [2.75, 3.05) is 13.1 Å². The van der Waals surface area contributed by atoms with E-state index in [0.717, 1.165) is 44.8 Å². The van der Waals surface area contributed by atoms with Crippen molar-refractivity contribution in [3.63, 3.8) is 0 Å². The van der Waals surface area contributed by atoms with E-state index in [4.69, 9.17) is 33.7 Å². The number of hydrogen-bond acceptors (Lipinski definition) is 7. The molecule has 0 radical (unpaired) electrons. The monoisotopic (exact) mass is 643 g/mol. The highest BCUT2D eigenvalue weighted by Crippen LogP contribution is 2.23. The highest BCUT2D eigenvalue weighted by Gasteiger charge is 2.31. The number of rotatable bonds is 7. The van der Waals surface area contributed by atoms with Gasteiger partial charge in [-0.1, -0.05) is 47.5 Å². The fraction of sp³-hybridized carbons (Fsp3) is 0.323. The van der Waals surface area contributed by atoms with Crippen LogP contribution >= 0.6 is 35.6 Å². The van der Waals surface area contributed by atoms with Crippen LogP contribution in [0.2, 0.25) is 10.3 Å². The molecule has 1 aliphatic heterocycles. The van der Waals surface area contributed by atoms with E-state index in [9.17, 15) is 4.79 Å². The summed E-state index contributed by atoms with van der Waals surface area (Å²) in [7, 11) is 0. The normalized spacial score (nSPS) is 12.6. The van der Waals surface area contributed by atoms with Gasteiger partial charge in [-0.25, -0.2) is 24.7 Å². The van der Waals surface area contributed by atoms with Gasteiger partial charge in [-0.3, -0.25) is 0 Å². The van der Waals surface area contributed by atoms with Crippen LogP contribution in [-0.4, -0.2) is 56.2 Å². The van der Waals surface area contributed by atoms with Gasteiger partial charge in [-0.15, -0.1) is 12.4 Å². The van der Waals surface area contributed by atoms with E-state index in [2.05, 4.69) is 31.3 Å². The Balaban J connectivity index is 0.000000256. The maximum absolute atomic E-state index is 12.2. The fourth-order valence-electron chi connectivity index (χ4n) is 4.48. The van der Waals surface area contributed by atoms with Crippen molar-refractivity contribution in [3.8, 4) is 22.5 Å². The van der Waals surface area contributed by atoms with Crippen molar-refractivity contribution in [1.29, 1.82) is 0 Å². The maximum Gasteiger partial charge on any atom is 0.317 e. The van der Waals surface area contributed by atoms with Crippen LogP contribution in [0.25, 0.3) is 22.5 Å². The number of hydrogen-bond donors (Lipinski definition) is 2. The summed E-state index contributed by atoms with van der Waals surface area (Å²) in [6.45, 7) is 10.4. The number of amides is 2. The lowest BCUT2D eigenvalue weighted by molar-refractivity contribution is -0.0641. The smallest absolute Gasteiger partial charge is 0.317 e. The second-order valence-electron chi connectivity index (χ2n) is 10.3. The number of likely N-dealkylation sites (tertiary alicyclic amines) is 1. The highest BCUT2D eigenvalue weighted by atomic mass is 35.5. The SMILES string of the molecule is Cc1cc(-c2cc(Cl)ncn2)ccc1CN.Cc1cc(-c2cc(Cl)ncn2)ccc1CNC(=O)N1CC(OC(C)C)C1.Cl.